The second-order valence-electron chi connectivity index (χ2n) is 8.15. The van der Waals surface area contributed by atoms with Crippen LogP contribution in [0.2, 0.25) is 0 Å². The average Bonchev–Trinajstić information content (AvgIpc) is 2.73. The summed E-state index contributed by atoms with van der Waals surface area (Å²) in [4.78, 5) is 25.6. The fourth-order valence-corrected chi connectivity index (χ4v) is 4.12. The number of benzene rings is 1. The summed E-state index contributed by atoms with van der Waals surface area (Å²) in [6.45, 7) is 3.93. The van der Waals surface area contributed by atoms with Gasteiger partial charge in [-0.25, -0.2) is 0 Å². The number of nitro benzene ring substituents is 1. The first-order valence-electron chi connectivity index (χ1n) is 10.4. The average molecular weight is 396 g/mol. The Balaban J connectivity index is 1.88. The van der Waals surface area contributed by atoms with Crippen molar-refractivity contribution in [3.8, 4) is 6.07 Å². The Hall–Kier alpha value is -2.88. The first-order chi connectivity index (χ1) is 14.0. The van der Waals surface area contributed by atoms with Gasteiger partial charge < -0.3 is 10.2 Å². The third-order valence-electron chi connectivity index (χ3n) is 5.95. The van der Waals surface area contributed by atoms with E-state index in [0.29, 0.717) is 11.5 Å². The highest BCUT2D eigenvalue weighted by Crippen LogP contribution is 2.31. The van der Waals surface area contributed by atoms with Gasteiger partial charge in [0.2, 0.25) is 0 Å². The van der Waals surface area contributed by atoms with Crippen molar-refractivity contribution >= 4 is 23.4 Å². The highest BCUT2D eigenvalue weighted by molar-refractivity contribution is 6.02. The number of rotatable bonds is 5. The normalized spacial score (nSPS) is 18.9. The van der Waals surface area contributed by atoms with Crippen LogP contribution in [0.15, 0.2) is 23.8 Å². The molecule has 0 unspecified atom stereocenters. The topological polar surface area (TPSA) is 99.3 Å². The van der Waals surface area contributed by atoms with Gasteiger partial charge in [0.15, 0.2) is 0 Å². The molecule has 0 aromatic heterocycles. The first-order valence-corrected chi connectivity index (χ1v) is 10.4. The molecule has 0 bridgehead atoms. The van der Waals surface area contributed by atoms with Gasteiger partial charge >= 0.3 is 0 Å². The predicted molar refractivity (Wildman–Crippen MR) is 112 cm³/mol. The van der Waals surface area contributed by atoms with Gasteiger partial charge in [-0.05, 0) is 43.7 Å². The van der Waals surface area contributed by atoms with Crippen LogP contribution in [0.25, 0.3) is 6.08 Å². The number of nitrogens with zero attached hydrogens (tertiary/aromatic N) is 3. The molecule has 2 aliphatic rings. The minimum atomic E-state index is -0.451. The molecule has 1 saturated carbocycles. The Morgan fingerprint density at radius 3 is 2.55 bits per heavy atom. The van der Waals surface area contributed by atoms with Crippen LogP contribution in [0, 0.1) is 27.4 Å². The molecule has 154 valence electrons. The molecule has 0 atom stereocenters. The van der Waals surface area contributed by atoms with Crippen LogP contribution in [-0.2, 0) is 4.79 Å². The van der Waals surface area contributed by atoms with E-state index in [4.69, 9.17) is 0 Å². The lowest BCUT2D eigenvalue weighted by Gasteiger charge is -2.33. The summed E-state index contributed by atoms with van der Waals surface area (Å²) in [6.07, 6.45) is 8.80. The number of anilines is 1. The predicted octanol–water partition coefficient (Wildman–Crippen LogP) is 4.19. The van der Waals surface area contributed by atoms with E-state index in [1.807, 2.05) is 6.07 Å². The molecular weight excluding hydrogens is 368 g/mol. The summed E-state index contributed by atoms with van der Waals surface area (Å²) < 4.78 is 0. The molecule has 1 amide bonds. The van der Waals surface area contributed by atoms with E-state index in [2.05, 4.69) is 17.1 Å². The van der Waals surface area contributed by atoms with Gasteiger partial charge in [0, 0.05) is 42.5 Å². The van der Waals surface area contributed by atoms with Crippen molar-refractivity contribution in [3.63, 3.8) is 0 Å². The number of nitro groups is 1. The van der Waals surface area contributed by atoms with Crippen molar-refractivity contribution in [1.82, 2.24) is 5.32 Å². The monoisotopic (exact) mass is 396 g/mol. The molecule has 3 rings (SSSR count). The Labute approximate surface area is 171 Å². The lowest BCUT2D eigenvalue weighted by atomic mass is 9.95. The minimum Gasteiger partial charge on any atom is -0.371 e. The maximum Gasteiger partial charge on any atom is 0.270 e. The molecule has 7 heteroatoms. The van der Waals surface area contributed by atoms with Gasteiger partial charge in [-0.3, -0.25) is 14.9 Å². The van der Waals surface area contributed by atoms with E-state index >= 15 is 0 Å². The zero-order chi connectivity index (χ0) is 20.8. The van der Waals surface area contributed by atoms with E-state index in [9.17, 15) is 20.2 Å². The van der Waals surface area contributed by atoms with Gasteiger partial charge in [-0.2, -0.15) is 5.26 Å². The number of nitriles is 1. The number of carbonyl (C=O) groups is 1. The molecule has 1 saturated heterocycles. The number of non-ortho nitro benzene ring substituents is 1. The number of hydrogen-bond acceptors (Lipinski definition) is 5. The summed E-state index contributed by atoms with van der Waals surface area (Å²) in [5.41, 5.74) is 1.32. The zero-order valence-electron chi connectivity index (χ0n) is 16.9. The van der Waals surface area contributed by atoms with Gasteiger partial charge in [0.1, 0.15) is 11.6 Å². The lowest BCUT2D eigenvalue weighted by Crippen LogP contribution is -2.36. The van der Waals surface area contributed by atoms with Crippen molar-refractivity contribution in [2.24, 2.45) is 5.92 Å². The SMILES string of the molecule is CC1CCN(c2ccc([N+](=O)[O-])cc2/C=C(\C#N)C(=O)NC2CCCCC2)CC1. The maximum atomic E-state index is 12.6. The summed E-state index contributed by atoms with van der Waals surface area (Å²) in [6, 6.07) is 6.76. The second kappa shape index (κ2) is 9.55. The van der Waals surface area contributed by atoms with E-state index in [0.717, 1.165) is 57.3 Å². The second-order valence-corrected chi connectivity index (χ2v) is 8.15. The molecule has 1 aromatic rings. The molecule has 29 heavy (non-hydrogen) atoms. The Bertz CT molecular complexity index is 829. The van der Waals surface area contributed by atoms with Crippen LogP contribution >= 0.6 is 0 Å². The Morgan fingerprint density at radius 1 is 1.24 bits per heavy atom. The molecule has 1 heterocycles. The first kappa shape index (κ1) is 20.8. The Kier molecular flexibility index (Phi) is 6.86. The summed E-state index contributed by atoms with van der Waals surface area (Å²) in [7, 11) is 0. The molecule has 2 fully saturated rings. The van der Waals surface area contributed by atoms with Gasteiger partial charge in [0.25, 0.3) is 11.6 Å². The minimum absolute atomic E-state index is 0.0114. The largest absolute Gasteiger partial charge is 0.371 e. The lowest BCUT2D eigenvalue weighted by molar-refractivity contribution is -0.384. The standard InChI is InChI=1S/C22H28N4O3/c1-16-9-11-25(12-10-16)21-8-7-20(26(28)29)14-17(21)13-18(15-23)22(27)24-19-5-3-2-4-6-19/h7-8,13-14,16,19H,2-6,9-12H2,1H3,(H,24,27)/b18-13+. The van der Waals surface area contributed by atoms with Crippen LogP contribution in [0.3, 0.4) is 0 Å². The van der Waals surface area contributed by atoms with Crippen LogP contribution in [0.4, 0.5) is 11.4 Å². The van der Waals surface area contributed by atoms with E-state index in [1.54, 1.807) is 6.07 Å². The molecule has 1 N–H and O–H groups in total. The number of carbonyl (C=O) groups excluding carboxylic acids is 1. The fraction of sp³-hybridized carbons (Fsp3) is 0.545. The number of hydrogen-bond donors (Lipinski definition) is 1. The fourth-order valence-electron chi connectivity index (χ4n) is 4.12. The van der Waals surface area contributed by atoms with Crippen molar-refractivity contribution in [2.75, 3.05) is 18.0 Å². The molecule has 1 aliphatic carbocycles. The van der Waals surface area contributed by atoms with Crippen molar-refractivity contribution in [1.29, 1.82) is 5.26 Å². The third-order valence-corrected chi connectivity index (χ3v) is 5.95. The highest BCUT2D eigenvalue weighted by Gasteiger charge is 2.22. The molecule has 1 aromatic carbocycles. The van der Waals surface area contributed by atoms with E-state index in [1.165, 1.54) is 24.6 Å². The van der Waals surface area contributed by atoms with Crippen molar-refractivity contribution < 1.29 is 9.72 Å². The quantitative estimate of drug-likeness (QED) is 0.348. The van der Waals surface area contributed by atoms with Gasteiger partial charge in [-0.15, -0.1) is 0 Å². The maximum absolute atomic E-state index is 12.6. The highest BCUT2D eigenvalue weighted by atomic mass is 16.6. The van der Waals surface area contributed by atoms with Crippen LogP contribution in [-0.4, -0.2) is 30.0 Å². The third kappa shape index (κ3) is 5.35. The number of amides is 1. The molecule has 0 spiro atoms. The van der Waals surface area contributed by atoms with Crippen LogP contribution in [0.1, 0.15) is 57.4 Å². The molecule has 7 nitrogen and oxygen atoms in total. The summed E-state index contributed by atoms with van der Waals surface area (Å²) in [5, 5.41) is 23.8. The number of piperidine rings is 1. The summed E-state index contributed by atoms with van der Waals surface area (Å²) in [5.74, 6) is 0.253. The van der Waals surface area contributed by atoms with Gasteiger partial charge in [-0.1, -0.05) is 26.2 Å². The molecule has 0 radical (unpaired) electrons. The van der Waals surface area contributed by atoms with E-state index < -0.39 is 10.8 Å². The smallest absolute Gasteiger partial charge is 0.270 e. The van der Waals surface area contributed by atoms with Crippen molar-refractivity contribution in [3.05, 3.63) is 39.4 Å². The Morgan fingerprint density at radius 2 is 1.93 bits per heavy atom. The number of nitrogens with one attached hydrogen (secondary N) is 1. The van der Waals surface area contributed by atoms with Crippen LogP contribution < -0.4 is 10.2 Å². The summed E-state index contributed by atoms with van der Waals surface area (Å²) >= 11 is 0. The molecule has 1 aliphatic heterocycles. The zero-order valence-corrected chi connectivity index (χ0v) is 16.9. The van der Waals surface area contributed by atoms with Gasteiger partial charge in [0.05, 0.1) is 4.92 Å². The van der Waals surface area contributed by atoms with Crippen LogP contribution in [0.5, 0.6) is 0 Å². The molecular formula is C22H28N4O3. The van der Waals surface area contributed by atoms with Crippen molar-refractivity contribution in [2.45, 2.75) is 57.9 Å². The van der Waals surface area contributed by atoms with E-state index in [-0.39, 0.29) is 17.3 Å².